The summed E-state index contributed by atoms with van der Waals surface area (Å²) in [5.74, 6) is 2.35. The minimum absolute atomic E-state index is 0.614. The number of nitrogens with zero attached hydrogens (tertiary/aromatic N) is 2. The van der Waals surface area contributed by atoms with Gasteiger partial charge in [0.15, 0.2) is 5.96 Å². The summed E-state index contributed by atoms with van der Waals surface area (Å²) in [6, 6.07) is 0.614. The van der Waals surface area contributed by atoms with Crippen LogP contribution in [-0.2, 0) is 0 Å². The van der Waals surface area contributed by atoms with Crippen LogP contribution < -0.4 is 5.32 Å². The van der Waals surface area contributed by atoms with Crippen LogP contribution in [-0.4, -0.2) is 47.5 Å². The third-order valence-corrected chi connectivity index (χ3v) is 4.15. The Morgan fingerprint density at radius 1 is 1.54 bits per heavy atom. The summed E-state index contributed by atoms with van der Waals surface area (Å²) in [4.78, 5) is 6.88. The van der Waals surface area contributed by atoms with Gasteiger partial charge in [-0.3, -0.25) is 4.99 Å². The summed E-state index contributed by atoms with van der Waals surface area (Å²) >= 11 is 2.06. The monoisotopic (exact) mass is 199 g/mol. The molecule has 0 bridgehead atoms. The molecular weight excluding hydrogens is 182 g/mol. The molecule has 2 aliphatic heterocycles. The van der Waals surface area contributed by atoms with Crippen LogP contribution in [0.3, 0.4) is 0 Å². The molecule has 0 spiro atoms. The van der Waals surface area contributed by atoms with E-state index in [0.29, 0.717) is 6.04 Å². The normalized spacial score (nSPS) is 34.3. The quantitative estimate of drug-likeness (QED) is 0.624. The van der Waals surface area contributed by atoms with Gasteiger partial charge in [-0.1, -0.05) is 6.92 Å². The van der Waals surface area contributed by atoms with E-state index in [4.69, 9.17) is 0 Å². The van der Waals surface area contributed by atoms with E-state index in [-0.39, 0.29) is 0 Å². The van der Waals surface area contributed by atoms with Gasteiger partial charge in [-0.2, -0.15) is 11.8 Å². The molecule has 0 radical (unpaired) electrons. The van der Waals surface area contributed by atoms with Crippen LogP contribution in [0, 0.1) is 0 Å². The number of thioether (sulfide) groups is 1. The van der Waals surface area contributed by atoms with Gasteiger partial charge in [-0.05, 0) is 6.92 Å². The third-order valence-electron chi connectivity index (χ3n) is 2.81. The van der Waals surface area contributed by atoms with Gasteiger partial charge in [0.25, 0.3) is 0 Å². The van der Waals surface area contributed by atoms with E-state index in [2.05, 4.69) is 40.8 Å². The summed E-state index contributed by atoms with van der Waals surface area (Å²) < 4.78 is 0. The Balaban J connectivity index is 2.04. The Labute approximate surface area is 84.0 Å². The van der Waals surface area contributed by atoms with Crippen molar-refractivity contribution in [3.05, 3.63) is 0 Å². The van der Waals surface area contributed by atoms with Gasteiger partial charge in [0.2, 0.25) is 0 Å². The van der Waals surface area contributed by atoms with Crippen molar-refractivity contribution in [2.45, 2.75) is 25.1 Å². The van der Waals surface area contributed by atoms with Crippen LogP contribution in [0.4, 0.5) is 0 Å². The summed E-state index contributed by atoms with van der Waals surface area (Å²) in [6.45, 7) is 7.69. The number of nitrogens with one attached hydrogen (secondary N) is 1. The second kappa shape index (κ2) is 3.78. The average Bonchev–Trinajstić information content (AvgIpc) is 2.62. The van der Waals surface area contributed by atoms with E-state index in [0.717, 1.165) is 30.8 Å². The van der Waals surface area contributed by atoms with Crippen molar-refractivity contribution in [2.24, 2.45) is 4.99 Å². The van der Waals surface area contributed by atoms with Gasteiger partial charge in [0, 0.05) is 30.1 Å². The molecule has 0 aliphatic carbocycles. The van der Waals surface area contributed by atoms with Crippen molar-refractivity contribution in [3.8, 4) is 0 Å². The number of aliphatic imine (C=N–C) groups is 1. The molecule has 0 aromatic heterocycles. The first kappa shape index (κ1) is 9.19. The fourth-order valence-corrected chi connectivity index (χ4v) is 2.91. The molecule has 0 saturated carbocycles. The Kier molecular flexibility index (Phi) is 2.67. The molecule has 2 unspecified atom stereocenters. The summed E-state index contributed by atoms with van der Waals surface area (Å²) in [5, 5.41) is 4.07. The van der Waals surface area contributed by atoms with Crippen molar-refractivity contribution >= 4 is 17.7 Å². The van der Waals surface area contributed by atoms with Gasteiger partial charge in [-0.15, -0.1) is 0 Å². The maximum absolute atomic E-state index is 4.47. The van der Waals surface area contributed by atoms with Crippen LogP contribution >= 0.6 is 11.8 Å². The highest BCUT2D eigenvalue weighted by molar-refractivity contribution is 8.00. The lowest BCUT2D eigenvalue weighted by Crippen LogP contribution is -2.51. The zero-order chi connectivity index (χ0) is 9.26. The summed E-state index contributed by atoms with van der Waals surface area (Å²) in [5.41, 5.74) is 0. The van der Waals surface area contributed by atoms with Gasteiger partial charge < -0.3 is 10.2 Å². The predicted molar refractivity (Wildman–Crippen MR) is 58.4 cm³/mol. The molecule has 13 heavy (non-hydrogen) atoms. The van der Waals surface area contributed by atoms with E-state index in [1.165, 1.54) is 5.75 Å². The fourth-order valence-electron chi connectivity index (χ4n) is 1.81. The highest BCUT2D eigenvalue weighted by atomic mass is 32.2. The van der Waals surface area contributed by atoms with Crippen LogP contribution in [0.15, 0.2) is 4.99 Å². The first-order valence-corrected chi connectivity index (χ1v) is 6.00. The number of hydrogen-bond donors (Lipinski definition) is 1. The van der Waals surface area contributed by atoms with E-state index in [9.17, 15) is 0 Å². The lowest BCUT2D eigenvalue weighted by Gasteiger charge is -2.38. The van der Waals surface area contributed by atoms with E-state index < -0.39 is 0 Å². The Hall–Kier alpha value is -0.380. The molecule has 2 atom stereocenters. The Morgan fingerprint density at radius 2 is 2.38 bits per heavy atom. The van der Waals surface area contributed by atoms with Crippen LogP contribution in [0.25, 0.3) is 0 Å². The average molecular weight is 199 g/mol. The minimum atomic E-state index is 0.614. The first-order valence-electron chi connectivity index (χ1n) is 4.95. The molecule has 0 aromatic carbocycles. The number of hydrogen-bond acceptors (Lipinski definition) is 4. The van der Waals surface area contributed by atoms with Gasteiger partial charge >= 0.3 is 0 Å². The van der Waals surface area contributed by atoms with Gasteiger partial charge in [-0.25, -0.2) is 0 Å². The van der Waals surface area contributed by atoms with Gasteiger partial charge in [0.1, 0.15) is 0 Å². The maximum atomic E-state index is 4.47. The zero-order valence-corrected chi connectivity index (χ0v) is 9.10. The molecule has 1 fully saturated rings. The second-order valence-electron chi connectivity index (χ2n) is 3.64. The second-order valence-corrected chi connectivity index (χ2v) is 5.13. The molecule has 2 aliphatic rings. The zero-order valence-electron chi connectivity index (χ0n) is 8.29. The number of guanidine groups is 1. The predicted octanol–water partition coefficient (Wildman–Crippen LogP) is 0.771. The highest BCUT2D eigenvalue weighted by Gasteiger charge is 2.28. The number of rotatable bonds is 0. The largest absolute Gasteiger partial charge is 0.354 e. The molecule has 1 saturated heterocycles. The van der Waals surface area contributed by atoms with Crippen molar-refractivity contribution in [3.63, 3.8) is 0 Å². The Morgan fingerprint density at radius 3 is 3.08 bits per heavy atom. The summed E-state index contributed by atoms with van der Waals surface area (Å²) in [6.07, 6.45) is 0. The van der Waals surface area contributed by atoms with Crippen LogP contribution in [0.2, 0.25) is 0 Å². The van der Waals surface area contributed by atoms with E-state index in [1.54, 1.807) is 0 Å². The fraction of sp³-hybridized carbons (Fsp3) is 0.889. The molecule has 0 amide bonds. The third kappa shape index (κ3) is 1.77. The van der Waals surface area contributed by atoms with Crippen LogP contribution in [0.5, 0.6) is 0 Å². The van der Waals surface area contributed by atoms with E-state index in [1.807, 2.05) is 0 Å². The van der Waals surface area contributed by atoms with Crippen LogP contribution in [0.1, 0.15) is 13.8 Å². The summed E-state index contributed by atoms with van der Waals surface area (Å²) in [7, 11) is 0. The topological polar surface area (TPSA) is 27.6 Å². The smallest absolute Gasteiger partial charge is 0.194 e. The van der Waals surface area contributed by atoms with E-state index >= 15 is 0 Å². The maximum Gasteiger partial charge on any atom is 0.194 e. The molecule has 0 aromatic rings. The first-order chi connectivity index (χ1) is 6.29. The van der Waals surface area contributed by atoms with Crippen molar-refractivity contribution < 1.29 is 0 Å². The van der Waals surface area contributed by atoms with Crippen molar-refractivity contribution in [1.29, 1.82) is 0 Å². The van der Waals surface area contributed by atoms with Gasteiger partial charge in [0.05, 0.1) is 6.54 Å². The van der Waals surface area contributed by atoms with Crippen molar-refractivity contribution in [1.82, 2.24) is 10.2 Å². The standard InChI is InChI=1S/C9H17N3S/c1-7-8(2)13-6-5-12(7)9-10-3-4-11-9/h7-8H,3-6H2,1-2H3,(H,10,11). The molecule has 2 rings (SSSR count). The van der Waals surface area contributed by atoms with Crippen molar-refractivity contribution in [2.75, 3.05) is 25.4 Å². The lowest BCUT2D eigenvalue weighted by atomic mass is 10.2. The molecular formula is C9H17N3S. The molecule has 1 N–H and O–H groups in total. The molecule has 4 heteroatoms. The highest BCUT2D eigenvalue weighted by Crippen LogP contribution is 2.24. The Bertz CT molecular complexity index is 217. The molecule has 2 heterocycles. The molecule has 3 nitrogen and oxygen atoms in total. The minimum Gasteiger partial charge on any atom is -0.354 e. The SMILES string of the molecule is CC1SCCN(C2=NCCN2)C1C. The lowest BCUT2D eigenvalue weighted by molar-refractivity contribution is 0.327. The molecule has 74 valence electrons.